The summed E-state index contributed by atoms with van der Waals surface area (Å²) < 4.78 is 0. The summed E-state index contributed by atoms with van der Waals surface area (Å²) in [4.78, 5) is 0. The average Bonchev–Trinajstić information content (AvgIpc) is 2.85. The van der Waals surface area contributed by atoms with E-state index in [4.69, 9.17) is 0 Å². The summed E-state index contributed by atoms with van der Waals surface area (Å²) in [5.74, 6) is 1.87. The van der Waals surface area contributed by atoms with Crippen molar-refractivity contribution in [3.8, 4) is 0 Å². The molecular weight excluding hydrogens is 384 g/mol. The van der Waals surface area contributed by atoms with Crippen molar-refractivity contribution in [1.82, 2.24) is 0 Å². The van der Waals surface area contributed by atoms with Crippen LogP contribution in [-0.4, -0.2) is 0 Å². The molecule has 3 rings (SSSR count). The predicted octanol–water partition coefficient (Wildman–Crippen LogP) is 10.8. The molecule has 0 aromatic heterocycles. The largest absolute Gasteiger partial charge is 0.0804 e. The van der Waals surface area contributed by atoms with Gasteiger partial charge in [0.15, 0.2) is 0 Å². The molecule has 0 saturated heterocycles. The van der Waals surface area contributed by atoms with E-state index in [-0.39, 0.29) is 0 Å². The molecule has 2 atom stereocenters. The zero-order valence-electron chi connectivity index (χ0n) is 21.3. The predicted molar refractivity (Wildman–Crippen MR) is 144 cm³/mol. The first-order valence-corrected chi connectivity index (χ1v) is 14.3. The molecule has 0 nitrogen and oxygen atoms in total. The maximum Gasteiger partial charge on any atom is -0.0227 e. The van der Waals surface area contributed by atoms with Gasteiger partial charge in [0.2, 0.25) is 0 Å². The zero-order valence-corrected chi connectivity index (χ0v) is 21.3. The van der Waals surface area contributed by atoms with Gasteiger partial charge in [0.05, 0.1) is 0 Å². The first-order chi connectivity index (χ1) is 15.8. The molecule has 0 heteroatoms. The second-order valence-electron chi connectivity index (χ2n) is 10.7. The summed E-state index contributed by atoms with van der Waals surface area (Å²) in [5.41, 5.74) is 6.13. The lowest BCUT2D eigenvalue weighted by atomic mass is 9.82. The first-order valence-electron chi connectivity index (χ1n) is 14.3. The minimum Gasteiger partial charge on any atom is -0.0804 e. The SMILES string of the molecule is CCCCCCCCCC1CC=C(c2ccc(C3=CCC(CCCCC)CC3)cc2)CC1. The monoisotopic (exact) mass is 434 g/mol. The fourth-order valence-electron chi connectivity index (χ4n) is 5.80. The van der Waals surface area contributed by atoms with Crippen molar-refractivity contribution in [2.24, 2.45) is 11.8 Å². The number of hydrogen-bond acceptors (Lipinski definition) is 0. The topological polar surface area (TPSA) is 0 Å². The van der Waals surface area contributed by atoms with Gasteiger partial charge in [-0.1, -0.05) is 127 Å². The van der Waals surface area contributed by atoms with Crippen LogP contribution in [0, 0.1) is 11.8 Å². The lowest BCUT2D eigenvalue weighted by molar-refractivity contribution is 0.422. The first kappa shape index (κ1) is 25.3. The Morgan fingerprint density at radius 3 is 1.41 bits per heavy atom. The fourth-order valence-corrected chi connectivity index (χ4v) is 5.80. The molecule has 0 fully saturated rings. The molecule has 32 heavy (non-hydrogen) atoms. The molecule has 1 aromatic carbocycles. The van der Waals surface area contributed by atoms with Gasteiger partial charge < -0.3 is 0 Å². The third-order valence-corrected chi connectivity index (χ3v) is 8.10. The van der Waals surface area contributed by atoms with Crippen LogP contribution in [0.4, 0.5) is 0 Å². The molecule has 0 radical (unpaired) electrons. The molecule has 0 N–H and O–H groups in total. The molecule has 1 aromatic rings. The molecule has 0 saturated carbocycles. The second-order valence-corrected chi connectivity index (χ2v) is 10.7. The van der Waals surface area contributed by atoms with Gasteiger partial charge >= 0.3 is 0 Å². The highest BCUT2D eigenvalue weighted by molar-refractivity contribution is 5.71. The molecule has 2 unspecified atom stereocenters. The average molecular weight is 435 g/mol. The molecule has 0 aliphatic heterocycles. The van der Waals surface area contributed by atoms with E-state index in [2.05, 4.69) is 50.3 Å². The van der Waals surface area contributed by atoms with Crippen molar-refractivity contribution in [1.29, 1.82) is 0 Å². The number of rotatable bonds is 14. The van der Waals surface area contributed by atoms with E-state index in [0.29, 0.717) is 0 Å². The van der Waals surface area contributed by atoms with Gasteiger partial charge in [0.25, 0.3) is 0 Å². The number of unbranched alkanes of at least 4 members (excludes halogenated alkanes) is 8. The minimum absolute atomic E-state index is 0.936. The summed E-state index contributed by atoms with van der Waals surface area (Å²) in [7, 11) is 0. The summed E-state index contributed by atoms with van der Waals surface area (Å²) in [6.07, 6.45) is 30.1. The summed E-state index contributed by atoms with van der Waals surface area (Å²) in [5, 5.41) is 0. The highest BCUT2D eigenvalue weighted by Crippen LogP contribution is 2.35. The lowest BCUT2D eigenvalue weighted by Crippen LogP contribution is -2.06. The Morgan fingerprint density at radius 2 is 0.969 bits per heavy atom. The van der Waals surface area contributed by atoms with Crippen molar-refractivity contribution in [2.45, 2.75) is 129 Å². The van der Waals surface area contributed by atoms with E-state index in [1.54, 1.807) is 11.1 Å². The Balaban J connectivity index is 1.39. The Morgan fingerprint density at radius 1 is 0.562 bits per heavy atom. The van der Waals surface area contributed by atoms with Gasteiger partial charge in [-0.2, -0.15) is 0 Å². The molecule has 2 aliphatic rings. The normalized spacial score (nSPS) is 21.3. The van der Waals surface area contributed by atoms with E-state index < -0.39 is 0 Å². The highest BCUT2D eigenvalue weighted by Gasteiger charge is 2.17. The van der Waals surface area contributed by atoms with Crippen molar-refractivity contribution >= 4 is 11.1 Å². The Kier molecular flexibility index (Phi) is 11.7. The van der Waals surface area contributed by atoms with Crippen LogP contribution in [0.1, 0.15) is 141 Å². The van der Waals surface area contributed by atoms with Crippen LogP contribution in [0.3, 0.4) is 0 Å². The minimum atomic E-state index is 0.936. The van der Waals surface area contributed by atoms with Crippen LogP contribution in [0.25, 0.3) is 11.1 Å². The third-order valence-electron chi connectivity index (χ3n) is 8.10. The van der Waals surface area contributed by atoms with E-state index in [1.807, 2.05) is 0 Å². The third kappa shape index (κ3) is 8.57. The Hall–Kier alpha value is -1.30. The number of benzene rings is 1. The van der Waals surface area contributed by atoms with Crippen molar-refractivity contribution < 1.29 is 0 Å². The van der Waals surface area contributed by atoms with Crippen molar-refractivity contribution in [2.75, 3.05) is 0 Å². The highest BCUT2D eigenvalue weighted by atomic mass is 14.2. The summed E-state index contributed by atoms with van der Waals surface area (Å²) >= 11 is 0. The molecule has 0 amide bonds. The van der Waals surface area contributed by atoms with Gasteiger partial charge in [-0.3, -0.25) is 0 Å². The Bertz CT molecular complexity index is 689. The van der Waals surface area contributed by atoms with E-state index >= 15 is 0 Å². The van der Waals surface area contributed by atoms with Crippen LogP contribution >= 0.6 is 0 Å². The van der Waals surface area contributed by atoms with Gasteiger partial charge in [-0.15, -0.1) is 0 Å². The Labute approximate surface area is 200 Å². The molecule has 0 spiro atoms. The quantitative estimate of drug-likeness (QED) is 0.255. The summed E-state index contributed by atoms with van der Waals surface area (Å²) in [6.45, 7) is 4.61. The van der Waals surface area contributed by atoms with Gasteiger partial charge in [-0.25, -0.2) is 0 Å². The fraction of sp³-hybridized carbons (Fsp3) is 0.688. The molecule has 2 aliphatic carbocycles. The number of hydrogen-bond donors (Lipinski definition) is 0. The van der Waals surface area contributed by atoms with Crippen LogP contribution < -0.4 is 0 Å². The molecule has 178 valence electrons. The van der Waals surface area contributed by atoms with Gasteiger partial charge in [0.1, 0.15) is 0 Å². The maximum absolute atomic E-state index is 2.56. The second kappa shape index (κ2) is 14.8. The number of allylic oxidation sites excluding steroid dienone is 4. The molecular formula is C32H50. The lowest BCUT2D eigenvalue weighted by Gasteiger charge is -2.23. The zero-order chi connectivity index (χ0) is 22.4. The van der Waals surface area contributed by atoms with Crippen molar-refractivity contribution in [3.63, 3.8) is 0 Å². The van der Waals surface area contributed by atoms with Crippen molar-refractivity contribution in [3.05, 3.63) is 47.5 Å². The van der Waals surface area contributed by atoms with Gasteiger partial charge in [0, 0.05) is 0 Å². The van der Waals surface area contributed by atoms with Crippen LogP contribution in [-0.2, 0) is 0 Å². The van der Waals surface area contributed by atoms with Crippen LogP contribution in [0.5, 0.6) is 0 Å². The molecule has 0 bridgehead atoms. The van der Waals surface area contributed by atoms with Crippen LogP contribution in [0.15, 0.2) is 36.4 Å². The maximum atomic E-state index is 2.56. The van der Waals surface area contributed by atoms with Crippen LogP contribution in [0.2, 0.25) is 0 Å². The van der Waals surface area contributed by atoms with E-state index in [9.17, 15) is 0 Å². The molecule has 0 heterocycles. The standard InChI is InChI=1S/C32H50/c1-3-5-7-8-9-10-12-14-28-17-21-30(22-18-28)32-25-23-31(24-26-32)29-19-15-27(16-20-29)13-11-6-4-2/h19,21,23-28H,3-18,20,22H2,1-2H3. The van der Waals surface area contributed by atoms with E-state index in [0.717, 1.165) is 11.8 Å². The van der Waals surface area contributed by atoms with E-state index in [1.165, 1.54) is 127 Å². The smallest absolute Gasteiger partial charge is 0.0227 e. The summed E-state index contributed by atoms with van der Waals surface area (Å²) in [6, 6.07) is 9.58. The van der Waals surface area contributed by atoms with Gasteiger partial charge in [-0.05, 0) is 72.6 Å².